The molecule has 0 aromatic rings. The van der Waals surface area contributed by atoms with Crippen LogP contribution < -0.4 is 0 Å². The first-order chi connectivity index (χ1) is 10.4. The molecule has 0 saturated carbocycles. The first kappa shape index (κ1) is 21.4. The SMILES string of the molecule is C=C(C)C(=O)OCCP(=O)(OCCCCC)OCCCCC. The fraction of sp³-hybridized carbons (Fsp3) is 0.812. The number of carbonyl (C=O) groups excluding carboxylic acids is 1. The average molecular weight is 334 g/mol. The topological polar surface area (TPSA) is 61.8 Å². The third-order valence-corrected chi connectivity index (χ3v) is 4.90. The largest absolute Gasteiger partial charge is 0.462 e. The zero-order valence-electron chi connectivity index (χ0n) is 14.3. The lowest BCUT2D eigenvalue weighted by atomic mass is 10.3. The van der Waals surface area contributed by atoms with E-state index in [1.165, 1.54) is 0 Å². The maximum atomic E-state index is 12.6. The van der Waals surface area contributed by atoms with Crippen molar-refractivity contribution in [1.29, 1.82) is 0 Å². The Morgan fingerprint density at radius 3 is 1.86 bits per heavy atom. The summed E-state index contributed by atoms with van der Waals surface area (Å²) in [5, 5.41) is 0. The van der Waals surface area contributed by atoms with Crippen LogP contribution in [0.1, 0.15) is 59.3 Å². The van der Waals surface area contributed by atoms with Crippen molar-refractivity contribution in [3.63, 3.8) is 0 Å². The van der Waals surface area contributed by atoms with Crippen LogP contribution in [0.2, 0.25) is 0 Å². The summed E-state index contributed by atoms with van der Waals surface area (Å²) in [5.74, 6) is -0.483. The molecule has 5 nitrogen and oxygen atoms in total. The highest BCUT2D eigenvalue weighted by molar-refractivity contribution is 7.53. The molecular weight excluding hydrogens is 303 g/mol. The third-order valence-electron chi connectivity index (χ3n) is 3.02. The fourth-order valence-electron chi connectivity index (χ4n) is 1.65. The Morgan fingerprint density at radius 1 is 0.955 bits per heavy atom. The van der Waals surface area contributed by atoms with Gasteiger partial charge >= 0.3 is 13.6 Å². The summed E-state index contributed by atoms with van der Waals surface area (Å²) in [6.45, 7) is 10.1. The molecule has 0 aromatic carbocycles. The predicted octanol–water partition coefficient (Wildman–Crippen LogP) is 4.71. The van der Waals surface area contributed by atoms with Crippen LogP contribution in [0.15, 0.2) is 12.2 Å². The maximum absolute atomic E-state index is 12.6. The highest BCUT2D eigenvalue weighted by Gasteiger charge is 2.25. The summed E-state index contributed by atoms with van der Waals surface area (Å²) in [4.78, 5) is 11.3. The Bertz CT molecular complexity index is 352. The lowest BCUT2D eigenvalue weighted by molar-refractivity contribution is -0.138. The Morgan fingerprint density at radius 2 is 1.45 bits per heavy atom. The third kappa shape index (κ3) is 11.0. The Kier molecular flexibility index (Phi) is 12.5. The van der Waals surface area contributed by atoms with E-state index in [1.54, 1.807) is 6.92 Å². The van der Waals surface area contributed by atoms with Crippen molar-refractivity contribution < 1.29 is 23.1 Å². The molecule has 6 heteroatoms. The summed E-state index contributed by atoms with van der Waals surface area (Å²) in [6.07, 6.45) is 5.99. The quantitative estimate of drug-likeness (QED) is 0.199. The molecule has 22 heavy (non-hydrogen) atoms. The van der Waals surface area contributed by atoms with Crippen LogP contribution in [0.25, 0.3) is 0 Å². The minimum atomic E-state index is -3.19. The molecule has 0 bridgehead atoms. The summed E-state index contributed by atoms with van der Waals surface area (Å²) in [5.41, 5.74) is 0.322. The van der Waals surface area contributed by atoms with Crippen molar-refractivity contribution in [2.45, 2.75) is 59.3 Å². The van der Waals surface area contributed by atoms with Crippen molar-refractivity contribution in [3.05, 3.63) is 12.2 Å². The van der Waals surface area contributed by atoms with Gasteiger partial charge in [-0.05, 0) is 19.8 Å². The standard InChI is InChI=1S/C16H31O5P/c1-5-7-9-11-20-22(18,21-12-10-8-6-2)14-13-19-16(17)15(3)4/h3,5-14H2,1-2,4H3. The first-order valence-corrected chi connectivity index (χ1v) is 9.88. The van der Waals surface area contributed by atoms with Gasteiger partial charge in [0.1, 0.15) is 6.61 Å². The molecule has 0 fully saturated rings. The van der Waals surface area contributed by atoms with Crippen LogP contribution in [0.5, 0.6) is 0 Å². The van der Waals surface area contributed by atoms with Crippen molar-refractivity contribution in [2.75, 3.05) is 26.0 Å². The van der Waals surface area contributed by atoms with E-state index >= 15 is 0 Å². The van der Waals surface area contributed by atoms with Crippen molar-refractivity contribution in [1.82, 2.24) is 0 Å². The van der Waals surface area contributed by atoms with E-state index < -0.39 is 13.6 Å². The van der Waals surface area contributed by atoms with Gasteiger partial charge in [0, 0.05) is 5.57 Å². The van der Waals surface area contributed by atoms with Crippen LogP contribution in [0.4, 0.5) is 0 Å². The van der Waals surface area contributed by atoms with E-state index in [-0.39, 0.29) is 12.8 Å². The van der Waals surface area contributed by atoms with Crippen LogP contribution in [-0.2, 0) is 23.1 Å². The van der Waals surface area contributed by atoms with Crippen molar-refractivity contribution >= 4 is 13.6 Å². The summed E-state index contributed by atoms with van der Waals surface area (Å²) < 4.78 is 28.6. The molecule has 0 N–H and O–H groups in total. The number of esters is 1. The van der Waals surface area contributed by atoms with Crippen LogP contribution in [-0.4, -0.2) is 32.0 Å². The second-order valence-corrected chi connectivity index (χ2v) is 7.52. The molecule has 130 valence electrons. The normalized spacial score (nSPS) is 11.4. The second kappa shape index (κ2) is 12.9. The lowest BCUT2D eigenvalue weighted by Gasteiger charge is -2.18. The van der Waals surface area contributed by atoms with Crippen LogP contribution in [0.3, 0.4) is 0 Å². The van der Waals surface area contributed by atoms with Crippen LogP contribution >= 0.6 is 7.60 Å². The number of unbranched alkanes of at least 4 members (excludes halogenated alkanes) is 4. The number of carbonyl (C=O) groups is 1. The molecule has 0 aliphatic carbocycles. The average Bonchev–Trinajstić information content (AvgIpc) is 2.48. The van der Waals surface area contributed by atoms with E-state index in [1.807, 2.05) is 0 Å². The Labute approximate surface area is 134 Å². The zero-order chi connectivity index (χ0) is 16.8. The van der Waals surface area contributed by atoms with Gasteiger partial charge in [-0.15, -0.1) is 0 Å². The summed E-state index contributed by atoms with van der Waals surface area (Å²) in [7, 11) is -3.19. The van der Waals surface area contributed by atoms with Gasteiger partial charge in [0.25, 0.3) is 0 Å². The highest BCUT2D eigenvalue weighted by atomic mass is 31.2. The molecule has 0 aliphatic heterocycles. The van der Waals surface area contributed by atoms with Crippen LogP contribution in [0, 0.1) is 0 Å². The molecule has 0 aliphatic rings. The van der Waals surface area contributed by atoms with E-state index in [9.17, 15) is 9.36 Å². The van der Waals surface area contributed by atoms with Gasteiger partial charge in [-0.25, -0.2) is 4.79 Å². The van der Waals surface area contributed by atoms with Crippen molar-refractivity contribution in [2.24, 2.45) is 0 Å². The fourth-order valence-corrected chi connectivity index (χ4v) is 3.11. The van der Waals surface area contributed by atoms with E-state index in [4.69, 9.17) is 13.8 Å². The minimum Gasteiger partial charge on any atom is -0.462 e. The van der Waals surface area contributed by atoms with Gasteiger partial charge in [0.15, 0.2) is 0 Å². The second-order valence-electron chi connectivity index (χ2n) is 5.33. The number of hydrogen-bond donors (Lipinski definition) is 0. The summed E-state index contributed by atoms with van der Waals surface area (Å²) in [6, 6.07) is 0. The van der Waals surface area contributed by atoms with Gasteiger partial charge in [0.05, 0.1) is 19.4 Å². The molecule has 0 unspecified atom stereocenters. The number of hydrogen-bond acceptors (Lipinski definition) is 5. The number of ether oxygens (including phenoxy) is 1. The van der Waals surface area contributed by atoms with Gasteiger partial charge in [0.2, 0.25) is 0 Å². The van der Waals surface area contributed by atoms with Gasteiger partial charge < -0.3 is 13.8 Å². The molecule has 0 amide bonds. The predicted molar refractivity (Wildman–Crippen MR) is 89.2 cm³/mol. The van der Waals surface area contributed by atoms with Gasteiger partial charge in [-0.1, -0.05) is 46.1 Å². The van der Waals surface area contributed by atoms with E-state index in [0.717, 1.165) is 38.5 Å². The minimum absolute atomic E-state index is 0.0184. The van der Waals surface area contributed by atoms with Gasteiger partial charge in [-0.2, -0.15) is 0 Å². The monoisotopic (exact) mass is 334 g/mol. The first-order valence-electron chi connectivity index (χ1n) is 8.16. The van der Waals surface area contributed by atoms with Crippen molar-refractivity contribution in [3.8, 4) is 0 Å². The molecule has 0 spiro atoms. The van der Waals surface area contributed by atoms with Gasteiger partial charge in [-0.3, -0.25) is 4.57 Å². The molecule has 0 saturated heterocycles. The Hall–Kier alpha value is -0.640. The molecule has 0 radical (unpaired) electrons. The van der Waals surface area contributed by atoms with E-state index in [0.29, 0.717) is 18.8 Å². The number of rotatable bonds is 14. The van der Waals surface area contributed by atoms with E-state index in [2.05, 4.69) is 20.4 Å². The summed E-state index contributed by atoms with van der Waals surface area (Å²) >= 11 is 0. The molecule has 0 atom stereocenters. The lowest BCUT2D eigenvalue weighted by Crippen LogP contribution is -2.12. The molecular formula is C16H31O5P. The Balaban J connectivity index is 4.27. The zero-order valence-corrected chi connectivity index (χ0v) is 15.2. The maximum Gasteiger partial charge on any atom is 0.334 e. The molecule has 0 rings (SSSR count). The molecule has 0 aromatic heterocycles. The smallest absolute Gasteiger partial charge is 0.334 e. The molecule has 0 heterocycles. The highest BCUT2D eigenvalue weighted by Crippen LogP contribution is 2.48.